The van der Waals surface area contributed by atoms with Crippen LogP contribution in [0.1, 0.15) is 22.9 Å². The molecule has 1 unspecified atom stereocenters. The van der Waals surface area contributed by atoms with Crippen molar-refractivity contribution in [3.63, 3.8) is 0 Å². The van der Waals surface area contributed by atoms with E-state index in [2.05, 4.69) is 19.2 Å². The number of carbonyl (C=O) groups is 1. The summed E-state index contributed by atoms with van der Waals surface area (Å²) in [5, 5.41) is 12.9. The largest absolute Gasteiger partial charge is 0.395 e. The van der Waals surface area contributed by atoms with E-state index in [1.807, 2.05) is 25.8 Å². The van der Waals surface area contributed by atoms with Gasteiger partial charge in [-0.3, -0.25) is 9.69 Å². The second-order valence-electron chi connectivity index (χ2n) is 4.73. The Morgan fingerprint density at radius 2 is 2.00 bits per heavy atom. The summed E-state index contributed by atoms with van der Waals surface area (Å²) in [6.45, 7) is 8.38. The van der Waals surface area contributed by atoms with Crippen molar-refractivity contribution in [2.75, 3.05) is 25.5 Å². The first-order chi connectivity index (χ1) is 8.36. The van der Waals surface area contributed by atoms with E-state index in [9.17, 15) is 4.79 Å². The second-order valence-corrected chi connectivity index (χ2v) is 5.96. The number of aliphatic hydroxyl groups excluding tert-OH is 1. The van der Waals surface area contributed by atoms with Crippen molar-refractivity contribution in [3.05, 3.63) is 16.0 Å². The molecule has 102 valence electrons. The van der Waals surface area contributed by atoms with Crippen molar-refractivity contribution >= 4 is 22.2 Å². The highest BCUT2D eigenvalue weighted by molar-refractivity contribution is 7.16. The van der Waals surface area contributed by atoms with Gasteiger partial charge in [-0.15, -0.1) is 11.3 Å². The number of nitrogens with zero attached hydrogens (tertiary/aromatic N) is 1. The van der Waals surface area contributed by atoms with Crippen LogP contribution in [0.4, 0.5) is 5.00 Å². The van der Waals surface area contributed by atoms with Gasteiger partial charge in [-0.05, 0) is 45.9 Å². The summed E-state index contributed by atoms with van der Waals surface area (Å²) in [4.78, 5) is 15.0. The number of hydrogen-bond donors (Lipinski definition) is 2. The molecule has 0 fully saturated rings. The predicted octanol–water partition coefficient (Wildman–Crippen LogP) is 1.92. The van der Waals surface area contributed by atoms with Gasteiger partial charge in [-0.25, -0.2) is 0 Å². The third-order valence-corrected chi connectivity index (χ3v) is 4.57. The van der Waals surface area contributed by atoms with Crippen LogP contribution in [0, 0.1) is 20.8 Å². The maximum Gasteiger partial charge on any atom is 0.239 e. The van der Waals surface area contributed by atoms with Crippen LogP contribution >= 0.6 is 11.3 Å². The fourth-order valence-electron chi connectivity index (χ4n) is 1.55. The first-order valence-electron chi connectivity index (χ1n) is 6.04. The van der Waals surface area contributed by atoms with E-state index in [4.69, 9.17) is 5.11 Å². The van der Waals surface area contributed by atoms with Gasteiger partial charge in [0.25, 0.3) is 0 Å². The maximum absolute atomic E-state index is 11.9. The van der Waals surface area contributed by atoms with Crippen LogP contribution in [0.25, 0.3) is 0 Å². The zero-order valence-electron chi connectivity index (χ0n) is 11.7. The highest BCUT2D eigenvalue weighted by atomic mass is 32.1. The first kappa shape index (κ1) is 15.1. The van der Waals surface area contributed by atoms with Crippen molar-refractivity contribution < 1.29 is 9.90 Å². The average molecular weight is 270 g/mol. The summed E-state index contributed by atoms with van der Waals surface area (Å²) in [7, 11) is 1.83. The van der Waals surface area contributed by atoms with Gasteiger partial charge >= 0.3 is 0 Å². The molecule has 1 heterocycles. The minimum absolute atomic E-state index is 0.0105. The number of rotatable bonds is 5. The van der Waals surface area contributed by atoms with E-state index in [0.29, 0.717) is 0 Å². The van der Waals surface area contributed by atoms with Crippen LogP contribution in [0.2, 0.25) is 0 Å². The minimum atomic E-state index is -0.0397. The normalized spacial score (nSPS) is 12.8. The summed E-state index contributed by atoms with van der Waals surface area (Å²) in [6, 6.07) is -0.0105. The molecule has 0 aliphatic heterocycles. The molecule has 0 bridgehead atoms. The van der Waals surface area contributed by atoms with Crippen LogP contribution in [-0.4, -0.2) is 42.2 Å². The Kier molecular flexibility index (Phi) is 5.31. The Morgan fingerprint density at radius 1 is 1.39 bits per heavy atom. The molecule has 1 atom stereocenters. The van der Waals surface area contributed by atoms with Gasteiger partial charge in [0.15, 0.2) is 0 Å². The number of likely N-dealkylation sites (N-methyl/N-ethyl adjacent to an activating group) is 1. The summed E-state index contributed by atoms with van der Waals surface area (Å²) in [6.07, 6.45) is 0. The van der Waals surface area contributed by atoms with Gasteiger partial charge in [-0.2, -0.15) is 0 Å². The lowest BCUT2D eigenvalue weighted by molar-refractivity contribution is -0.117. The monoisotopic (exact) mass is 270 g/mol. The third kappa shape index (κ3) is 3.54. The van der Waals surface area contributed by atoms with E-state index in [-0.39, 0.29) is 25.1 Å². The number of nitrogens with one attached hydrogen (secondary N) is 1. The number of aryl methyl sites for hydroxylation is 1. The SMILES string of the molecule is Cc1sc(NC(=O)CN(C)C(C)CO)c(C)c1C. The van der Waals surface area contributed by atoms with E-state index >= 15 is 0 Å². The molecular formula is C13H22N2O2S. The molecule has 1 rings (SSSR count). The molecular weight excluding hydrogens is 248 g/mol. The van der Waals surface area contributed by atoms with Crippen molar-refractivity contribution in [2.45, 2.75) is 33.7 Å². The molecule has 2 N–H and O–H groups in total. The fourth-order valence-corrected chi connectivity index (χ4v) is 2.63. The topological polar surface area (TPSA) is 52.6 Å². The zero-order chi connectivity index (χ0) is 13.9. The number of aliphatic hydroxyl groups is 1. The molecule has 0 aliphatic rings. The van der Waals surface area contributed by atoms with Crippen molar-refractivity contribution in [2.24, 2.45) is 0 Å². The van der Waals surface area contributed by atoms with Crippen LogP contribution < -0.4 is 5.32 Å². The fraction of sp³-hybridized carbons (Fsp3) is 0.615. The van der Waals surface area contributed by atoms with Crippen LogP contribution in [0.5, 0.6) is 0 Å². The third-order valence-electron chi connectivity index (χ3n) is 3.35. The molecule has 0 saturated carbocycles. The molecule has 18 heavy (non-hydrogen) atoms. The van der Waals surface area contributed by atoms with Crippen molar-refractivity contribution in [1.82, 2.24) is 4.90 Å². The zero-order valence-corrected chi connectivity index (χ0v) is 12.5. The standard InChI is InChI=1S/C13H22N2O2S/c1-8(7-16)15(5)6-12(17)14-13-10(3)9(2)11(4)18-13/h8,16H,6-7H2,1-5H3,(H,14,17). The highest BCUT2D eigenvalue weighted by Gasteiger charge is 2.15. The van der Waals surface area contributed by atoms with Crippen LogP contribution in [0.3, 0.4) is 0 Å². The Morgan fingerprint density at radius 3 is 2.44 bits per heavy atom. The van der Waals surface area contributed by atoms with Gasteiger partial charge in [0.1, 0.15) is 0 Å². The van der Waals surface area contributed by atoms with Gasteiger partial charge < -0.3 is 10.4 Å². The predicted molar refractivity (Wildman–Crippen MR) is 76.3 cm³/mol. The highest BCUT2D eigenvalue weighted by Crippen LogP contribution is 2.31. The van der Waals surface area contributed by atoms with E-state index in [1.54, 1.807) is 11.3 Å². The molecule has 4 nitrogen and oxygen atoms in total. The molecule has 0 aromatic carbocycles. The van der Waals surface area contributed by atoms with E-state index in [1.165, 1.54) is 10.4 Å². The Hall–Kier alpha value is -0.910. The number of carbonyl (C=O) groups excluding carboxylic acids is 1. The quantitative estimate of drug-likeness (QED) is 0.859. The van der Waals surface area contributed by atoms with Gasteiger partial charge in [0.05, 0.1) is 18.2 Å². The Labute approximate surface area is 113 Å². The molecule has 1 amide bonds. The Balaban J connectivity index is 2.62. The molecule has 5 heteroatoms. The molecule has 1 aromatic heterocycles. The number of thiophene rings is 1. The van der Waals surface area contributed by atoms with E-state index < -0.39 is 0 Å². The van der Waals surface area contributed by atoms with Crippen LogP contribution in [0.15, 0.2) is 0 Å². The average Bonchev–Trinajstić information content (AvgIpc) is 2.55. The lowest BCUT2D eigenvalue weighted by Crippen LogP contribution is -2.38. The smallest absolute Gasteiger partial charge is 0.239 e. The second kappa shape index (κ2) is 6.31. The molecule has 0 radical (unpaired) electrons. The lowest BCUT2D eigenvalue weighted by Gasteiger charge is -2.21. The minimum Gasteiger partial charge on any atom is -0.395 e. The lowest BCUT2D eigenvalue weighted by atomic mass is 10.2. The van der Waals surface area contributed by atoms with Crippen LogP contribution in [-0.2, 0) is 4.79 Å². The molecule has 1 aromatic rings. The summed E-state index contributed by atoms with van der Waals surface area (Å²) < 4.78 is 0. The van der Waals surface area contributed by atoms with Crippen molar-refractivity contribution in [3.8, 4) is 0 Å². The van der Waals surface area contributed by atoms with Crippen molar-refractivity contribution in [1.29, 1.82) is 0 Å². The molecule has 0 saturated heterocycles. The summed E-state index contributed by atoms with van der Waals surface area (Å²) >= 11 is 1.61. The Bertz CT molecular complexity index is 429. The molecule has 0 spiro atoms. The number of amides is 1. The number of anilines is 1. The van der Waals surface area contributed by atoms with E-state index in [0.717, 1.165) is 10.6 Å². The number of hydrogen-bond acceptors (Lipinski definition) is 4. The van der Waals surface area contributed by atoms with Gasteiger partial charge in [0.2, 0.25) is 5.91 Å². The summed E-state index contributed by atoms with van der Waals surface area (Å²) in [5.41, 5.74) is 2.39. The molecule has 0 aliphatic carbocycles. The van der Waals surface area contributed by atoms with Gasteiger partial charge in [0, 0.05) is 10.9 Å². The van der Waals surface area contributed by atoms with Gasteiger partial charge in [-0.1, -0.05) is 0 Å². The maximum atomic E-state index is 11.9. The summed E-state index contributed by atoms with van der Waals surface area (Å²) in [5.74, 6) is -0.0397. The first-order valence-corrected chi connectivity index (χ1v) is 6.86.